The quantitative estimate of drug-likeness (QED) is 0.809. The molecule has 0 heterocycles. The summed E-state index contributed by atoms with van der Waals surface area (Å²) in [5, 5.41) is 13.4. The van der Waals surface area contributed by atoms with Crippen molar-refractivity contribution in [2.24, 2.45) is 0 Å². The molecule has 2 saturated carbocycles. The topological polar surface area (TPSA) is 70.0 Å². The number of sulfone groups is 1. The molecule has 2 aliphatic rings. The fourth-order valence-corrected chi connectivity index (χ4v) is 5.28. The van der Waals surface area contributed by atoms with Gasteiger partial charge in [-0.1, -0.05) is 0 Å². The van der Waals surface area contributed by atoms with Gasteiger partial charge in [-0.25, -0.2) is 8.42 Å². The van der Waals surface area contributed by atoms with E-state index in [-0.39, 0.29) is 11.3 Å². The van der Waals surface area contributed by atoms with Gasteiger partial charge in [0.2, 0.25) is 0 Å². The highest BCUT2D eigenvalue weighted by molar-refractivity contribution is 8.01. The molecule has 19 heavy (non-hydrogen) atoms. The standard InChI is InChI=1S/C13H22N2O2S2/c1-19(16,17)8-7-18-12-3-2-6-13(9-12,10-14)15-11-4-5-11/h11-12,15H,2-9H2,1H3. The van der Waals surface area contributed by atoms with Gasteiger partial charge in [0.1, 0.15) is 15.4 Å². The summed E-state index contributed by atoms with van der Waals surface area (Å²) in [4.78, 5) is 0. The van der Waals surface area contributed by atoms with Crippen LogP contribution in [0.4, 0.5) is 0 Å². The second-order valence-electron chi connectivity index (χ2n) is 5.83. The fraction of sp³-hybridized carbons (Fsp3) is 0.923. The van der Waals surface area contributed by atoms with Gasteiger partial charge in [-0.3, -0.25) is 5.32 Å². The van der Waals surface area contributed by atoms with Crippen molar-refractivity contribution in [3.05, 3.63) is 0 Å². The maximum Gasteiger partial charge on any atom is 0.148 e. The van der Waals surface area contributed by atoms with Crippen molar-refractivity contribution in [1.29, 1.82) is 5.26 Å². The Hall–Kier alpha value is -0.250. The van der Waals surface area contributed by atoms with Gasteiger partial charge in [0.25, 0.3) is 0 Å². The highest BCUT2D eigenvalue weighted by Crippen LogP contribution is 2.37. The van der Waals surface area contributed by atoms with Crippen LogP contribution in [0.2, 0.25) is 0 Å². The smallest absolute Gasteiger partial charge is 0.148 e. The van der Waals surface area contributed by atoms with Crippen molar-refractivity contribution < 1.29 is 8.42 Å². The SMILES string of the molecule is CS(=O)(=O)CCSC1CCCC(C#N)(NC2CC2)C1. The van der Waals surface area contributed by atoms with Crippen LogP contribution in [0.3, 0.4) is 0 Å². The summed E-state index contributed by atoms with van der Waals surface area (Å²) >= 11 is 1.72. The largest absolute Gasteiger partial charge is 0.297 e. The molecule has 0 aromatic carbocycles. The van der Waals surface area contributed by atoms with Crippen LogP contribution < -0.4 is 5.32 Å². The van der Waals surface area contributed by atoms with Crippen molar-refractivity contribution >= 4 is 21.6 Å². The first-order valence-electron chi connectivity index (χ1n) is 6.91. The summed E-state index contributed by atoms with van der Waals surface area (Å²) in [6.07, 6.45) is 7.61. The van der Waals surface area contributed by atoms with Crippen LogP contribution in [-0.4, -0.2) is 43.0 Å². The molecule has 6 heteroatoms. The maximum atomic E-state index is 11.1. The molecular formula is C13H22N2O2S2. The molecule has 0 aromatic heterocycles. The first kappa shape index (κ1) is 15.1. The number of nitriles is 1. The van der Waals surface area contributed by atoms with Crippen molar-refractivity contribution in [1.82, 2.24) is 5.32 Å². The molecule has 108 valence electrons. The van der Waals surface area contributed by atoms with E-state index in [0.29, 0.717) is 17.0 Å². The van der Waals surface area contributed by atoms with Crippen LogP contribution in [0.1, 0.15) is 38.5 Å². The molecule has 0 bridgehead atoms. The van der Waals surface area contributed by atoms with Crippen molar-refractivity contribution in [3.8, 4) is 6.07 Å². The minimum atomic E-state index is -2.87. The summed E-state index contributed by atoms with van der Waals surface area (Å²) in [5.74, 6) is 0.887. The van der Waals surface area contributed by atoms with E-state index in [4.69, 9.17) is 0 Å². The van der Waals surface area contributed by atoms with E-state index in [0.717, 1.165) is 25.7 Å². The zero-order valence-corrected chi connectivity index (χ0v) is 13.0. The molecule has 2 atom stereocenters. The summed E-state index contributed by atoms with van der Waals surface area (Å²) in [7, 11) is -2.87. The van der Waals surface area contributed by atoms with E-state index in [1.807, 2.05) is 0 Å². The van der Waals surface area contributed by atoms with Crippen molar-refractivity contribution in [2.45, 2.75) is 55.4 Å². The highest BCUT2D eigenvalue weighted by Gasteiger charge is 2.40. The number of rotatable bonds is 6. The lowest BCUT2D eigenvalue weighted by atomic mass is 9.82. The molecule has 2 unspecified atom stereocenters. The van der Waals surface area contributed by atoms with Gasteiger partial charge in [-0.05, 0) is 38.5 Å². The van der Waals surface area contributed by atoms with Crippen LogP contribution in [-0.2, 0) is 9.84 Å². The van der Waals surface area contributed by atoms with Gasteiger partial charge in [0.05, 0.1) is 11.8 Å². The minimum Gasteiger partial charge on any atom is -0.297 e. The molecule has 4 nitrogen and oxygen atoms in total. The fourth-order valence-electron chi connectivity index (χ4n) is 2.62. The molecule has 0 radical (unpaired) electrons. The van der Waals surface area contributed by atoms with E-state index < -0.39 is 9.84 Å². The molecular weight excluding hydrogens is 280 g/mol. The number of hydrogen-bond acceptors (Lipinski definition) is 5. The summed E-state index contributed by atoms with van der Waals surface area (Å²) in [6.45, 7) is 0. The second-order valence-corrected chi connectivity index (χ2v) is 9.50. The third-order valence-corrected chi connectivity index (χ3v) is 6.30. The maximum absolute atomic E-state index is 11.1. The van der Waals surface area contributed by atoms with E-state index in [9.17, 15) is 13.7 Å². The Bertz CT molecular complexity index is 454. The average molecular weight is 302 g/mol. The molecule has 2 rings (SSSR count). The Kier molecular flexibility index (Phi) is 4.80. The van der Waals surface area contributed by atoms with Crippen LogP contribution >= 0.6 is 11.8 Å². The van der Waals surface area contributed by atoms with Crippen LogP contribution in [0, 0.1) is 11.3 Å². The molecule has 2 aliphatic carbocycles. The Morgan fingerprint density at radius 2 is 2.16 bits per heavy atom. The first-order valence-corrected chi connectivity index (χ1v) is 10.0. The van der Waals surface area contributed by atoms with Crippen LogP contribution in [0.5, 0.6) is 0 Å². The van der Waals surface area contributed by atoms with E-state index in [2.05, 4.69) is 11.4 Å². The third kappa shape index (κ3) is 4.97. The predicted octanol–water partition coefficient (Wildman–Crippen LogP) is 1.72. The highest BCUT2D eigenvalue weighted by atomic mass is 32.2. The van der Waals surface area contributed by atoms with Crippen LogP contribution in [0.15, 0.2) is 0 Å². The van der Waals surface area contributed by atoms with E-state index in [1.165, 1.54) is 19.1 Å². The van der Waals surface area contributed by atoms with Gasteiger partial charge >= 0.3 is 0 Å². The number of nitrogens with zero attached hydrogens (tertiary/aromatic N) is 1. The number of thioether (sulfide) groups is 1. The van der Waals surface area contributed by atoms with Crippen molar-refractivity contribution in [2.75, 3.05) is 17.8 Å². The van der Waals surface area contributed by atoms with E-state index >= 15 is 0 Å². The van der Waals surface area contributed by atoms with Gasteiger partial charge in [-0.2, -0.15) is 17.0 Å². The lowest BCUT2D eigenvalue weighted by Gasteiger charge is -2.36. The monoisotopic (exact) mass is 302 g/mol. The normalized spacial score (nSPS) is 31.9. The Morgan fingerprint density at radius 1 is 1.42 bits per heavy atom. The molecule has 0 aromatic rings. The number of hydrogen-bond donors (Lipinski definition) is 1. The van der Waals surface area contributed by atoms with Gasteiger partial charge in [0, 0.05) is 23.3 Å². The zero-order chi connectivity index (χ0) is 13.9. The lowest BCUT2D eigenvalue weighted by Crippen LogP contribution is -2.49. The molecule has 0 saturated heterocycles. The average Bonchev–Trinajstić information content (AvgIpc) is 3.12. The Labute approximate surface area is 120 Å². The van der Waals surface area contributed by atoms with Gasteiger partial charge < -0.3 is 0 Å². The minimum absolute atomic E-state index is 0.240. The van der Waals surface area contributed by atoms with Crippen molar-refractivity contribution in [3.63, 3.8) is 0 Å². The third-order valence-electron chi connectivity index (χ3n) is 3.79. The summed E-state index contributed by atoms with van der Waals surface area (Å²) in [5.41, 5.74) is -0.359. The van der Waals surface area contributed by atoms with Gasteiger partial charge in [0.15, 0.2) is 0 Å². The number of nitrogens with one attached hydrogen (secondary N) is 1. The van der Waals surface area contributed by atoms with Gasteiger partial charge in [-0.15, -0.1) is 0 Å². The second kappa shape index (κ2) is 6.02. The predicted molar refractivity (Wildman–Crippen MR) is 78.9 cm³/mol. The summed E-state index contributed by atoms with van der Waals surface area (Å²) in [6, 6.07) is 3.02. The van der Waals surface area contributed by atoms with Crippen LogP contribution in [0.25, 0.3) is 0 Å². The summed E-state index contributed by atoms with van der Waals surface area (Å²) < 4.78 is 22.3. The molecule has 0 amide bonds. The Morgan fingerprint density at radius 3 is 2.74 bits per heavy atom. The first-order chi connectivity index (χ1) is 8.92. The van der Waals surface area contributed by atoms with E-state index in [1.54, 1.807) is 11.8 Å². The zero-order valence-electron chi connectivity index (χ0n) is 11.4. The molecule has 0 spiro atoms. The Balaban J connectivity index is 1.83. The molecule has 2 fully saturated rings. The molecule has 0 aliphatic heterocycles. The molecule has 1 N–H and O–H groups in total. The lowest BCUT2D eigenvalue weighted by molar-refractivity contribution is 0.301.